The Labute approximate surface area is 88.9 Å². The number of hydrogen-bond acceptors (Lipinski definition) is 3. The first-order valence-electron chi connectivity index (χ1n) is 4.74. The van der Waals surface area contributed by atoms with Gasteiger partial charge in [0.15, 0.2) is 0 Å². The zero-order valence-corrected chi connectivity index (χ0v) is 8.86. The average Bonchev–Trinajstić information content (AvgIpc) is 2.25. The Bertz CT molecular complexity index is 344. The highest BCUT2D eigenvalue weighted by Crippen LogP contribution is 2.05. The SMILES string of the molecule is CCO/C(=N\NC=O)c1ccc(C)cc1. The van der Waals surface area contributed by atoms with Crippen LogP contribution in [-0.2, 0) is 9.53 Å². The lowest BCUT2D eigenvalue weighted by atomic mass is 10.1. The molecule has 1 N–H and O–H groups in total. The van der Waals surface area contributed by atoms with Gasteiger partial charge in [-0.05, 0) is 26.0 Å². The molecule has 0 fully saturated rings. The van der Waals surface area contributed by atoms with Crippen molar-refractivity contribution in [2.24, 2.45) is 5.10 Å². The largest absolute Gasteiger partial charge is 0.477 e. The van der Waals surface area contributed by atoms with Crippen molar-refractivity contribution in [3.05, 3.63) is 35.4 Å². The number of rotatable bonds is 4. The number of nitrogens with zero attached hydrogens (tertiary/aromatic N) is 1. The predicted octanol–water partition coefficient (Wildman–Crippen LogP) is 1.44. The maximum absolute atomic E-state index is 10.1. The second kappa shape index (κ2) is 5.80. The van der Waals surface area contributed by atoms with E-state index in [1.165, 1.54) is 0 Å². The molecule has 0 saturated heterocycles. The first-order valence-corrected chi connectivity index (χ1v) is 4.74. The van der Waals surface area contributed by atoms with E-state index in [9.17, 15) is 4.79 Å². The minimum atomic E-state index is 0.421. The summed E-state index contributed by atoms with van der Waals surface area (Å²) in [6.45, 7) is 4.38. The van der Waals surface area contributed by atoms with Crippen LogP contribution < -0.4 is 5.43 Å². The molecule has 0 bridgehead atoms. The van der Waals surface area contributed by atoms with Crippen LogP contribution in [0, 0.1) is 6.92 Å². The van der Waals surface area contributed by atoms with Gasteiger partial charge < -0.3 is 4.74 Å². The smallest absolute Gasteiger partial charge is 0.238 e. The van der Waals surface area contributed by atoms with Gasteiger partial charge in [0, 0.05) is 5.56 Å². The van der Waals surface area contributed by atoms with Gasteiger partial charge in [-0.2, -0.15) is 0 Å². The van der Waals surface area contributed by atoms with Crippen LogP contribution in [0.4, 0.5) is 0 Å². The molecular formula is C11H14N2O2. The normalized spacial score (nSPS) is 10.9. The van der Waals surface area contributed by atoms with Crippen molar-refractivity contribution in [1.29, 1.82) is 0 Å². The Hall–Kier alpha value is -1.84. The van der Waals surface area contributed by atoms with Gasteiger partial charge in [-0.1, -0.05) is 17.7 Å². The van der Waals surface area contributed by atoms with Crippen LogP contribution in [0.15, 0.2) is 29.4 Å². The van der Waals surface area contributed by atoms with Crippen LogP contribution in [-0.4, -0.2) is 18.9 Å². The molecular weight excluding hydrogens is 192 g/mol. The monoisotopic (exact) mass is 206 g/mol. The van der Waals surface area contributed by atoms with E-state index >= 15 is 0 Å². The van der Waals surface area contributed by atoms with Crippen LogP contribution in [0.3, 0.4) is 0 Å². The topological polar surface area (TPSA) is 50.7 Å². The van der Waals surface area contributed by atoms with E-state index < -0.39 is 0 Å². The number of amides is 1. The van der Waals surface area contributed by atoms with Gasteiger partial charge in [0.1, 0.15) is 0 Å². The zero-order valence-electron chi connectivity index (χ0n) is 8.86. The van der Waals surface area contributed by atoms with Gasteiger partial charge >= 0.3 is 0 Å². The molecule has 0 saturated carbocycles. The van der Waals surface area contributed by atoms with Crippen LogP contribution in [0.5, 0.6) is 0 Å². The van der Waals surface area contributed by atoms with Gasteiger partial charge in [-0.25, -0.2) is 5.43 Å². The first kappa shape index (κ1) is 11.2. The lowest BCUT2D eigenvalue weighted by molar-refractivity contribution is -0.109. The van der Waals surface area contributed by atoms with Crippen molar-refractivity contribution < 1.29 is 9.53 Å². The van der Waals surface area contributed by atoms with E-state index in [0.717, 1.165) is 11.1 Å². The van der Waals surface area contributed by atoms with Crippen LogP contribution in [0.1, 0.15) is 18.1 Å². The van der Waals surface area contributed by atoms with Crippen LogP contribution in [0.2, 0.25) is 0 Å². The summed E-state index contributed by atoms with van der Waals surface area (Å²) in [7, 11) is 0. The third kappa shape index (κ3) is 3.42. The fraction of sp³-hybridized carbons (Fsp3) is 0.273. The summed E-state index contributed by atoms with van der Waals surface area (Å²) >= 11 is 0. The van der Waals surface area contributed by atoms with Crippen molar-refractivity contribution in [3.8, 4) is 0 Å². The summed E-state index contributed by atoms with van der Waals surface area (Å²) in [6, 6.07) is 7.72. The van der Waals surface area contributed by atoms with Crippen molar-refractivity contribution in [3.63, 3.8) is 0 Å². The molecule has 0 aliphatic heterocycles. The highest BCUT2D eigenvalue weighted by atomic mass is 16.5. The van der Waals surface area contributed by atoms with E-state index in [2.05, 4.69) is 10.5 Å². The molecule has 0 aliphatic rings. The number of carbonyl (C=O) groups excluding carboxylic acids is 1. The number of hydrogen-bond donors (Lipinski definition) is 1. The quantitative estimate of drug-likeness (QED) is 0.351. The maximum Gasteiger partial charge on any atom is 0.238 e. The zero-order chi connectivity index (χ0) is 11.1. The number of hydrazone groups is 1. The molecule has 15 heavy (non-hydrogen) atoms. The third-order valence-corrected chi connectivity index (χ3v) is 1.80. The fourth-order valence-corrected chi connectivity index (χ4v) is 1.10. The summed E-state index contributed by atoms with van der Waals surface area (Å²) in [5.74, 6) is 0.421. The highest BCUT2D eigenvalue weighted by molar-refractivity contribution is 5.94. The highest BCUT2D eigenvalue weighted by Gasteiger charge is 2.03. The van der Waals surface area contributed by atoms with Crippen molar-refractivity contribution in [1.82, 2.24) is 5.43 Å². The molecule has 80 valence electrons. The van der Waals surface area contributed by atoms with Gasteiger partial charge in [0.25, 0.3) is 0 Å². The van der Waals surface area contributed by atoms with Gasteiger partial charge in [0.05, 0.1) is 6.61 Å². The van der Waals surface area contributed by atoms with Gasteiger partial charge in [-0.15, -0.1) is 5.10 Å². The number of aryl methyl sites for hydroxylation is 1. The third-order valence-electron chi connectivity index (χ3n) is 1.80. The number of nitrogens with one attached hydrogen (secondary N) is 1. The Balaban J connectivity index is 2.88. The second-order valence-corrected chi connectivity index (χ2v) is 2.96. The lowest BCUT2D eigenvalue weighted by Gasteiger charge is -2.06. The van der Waals surface area contributed by atoms with E-state index in [-0.39, 0.29) is 0 Å². The van der Waals surface area contributed by atoms with Gasteiger partial charge in [0.2, 0.25) is 12.3 Å². The summed E-state index contributed by atoms with van der Waals surface area (Å²) in [4.78, 5) is 10.1. The molecule has 1 rings (SSSR count). The molecule has 0 aromatic heterocycles. The predicted molar refractivity (Wildman–Crippen MR) is 58.5 cm³/mol. The Morgan fingerprint density at radius 2 is 2.13 bits per heavy atom. The molecule has 0 radical (unpaired) electrons. The van der Waals surface area contributed by atoms with Crippen LogP contribution >= 0.6 is 0 Å². The fourth-order valence-electron chi connectivity index (χ4n) is 1.10. The molecule has 1 aromatic carbocycles. The van der Waals surface area contributed by atoms with E-state index in [4.69, 9.17) is 4.74 Å². The van der Waals surface area contributed by atoms with Crippen molar-refractivity contribution >= 4 is 12.3 Å². The molecule has 1 amide bonds. The minimum absolute atomic E-state index is 0.421. The number of benzene rings is 1. The summed E-state index contributed by atoms with van der Waals surface area (Å²) in [6.07, 6.45) is 0.507. The number of ether oxygens (including phenoxy) is 1. The summed E-state index contributed by atoms with van der Waals surface area (Å²) in [5, 5.41) is 3.81. The standard InChI is InChI=1S/C11H14N2O2/c1-3-15-11(13-12-8-14)10-6-4-9(2)5-7-10/h4-8H,3H2,1-2H3,(H,12,14)/b13-11-. The second-order valence-electron chi connectivity index (χ2n) is 2.96. The molecule has 0 unspecified atom stereocenters. The van der Waals surface area contributed by atoms with Gasteiger partial charge in [-0.3, -0.25) is 4.79 Å². The average molecular weight is 206 g/mol. The molecule has 0 aliphatic carbocycles. The number of carbonyl (C=O) groups is 1. The molecule has 4 heteroatoms. The van der Waals surface area contributed by atoms with Crippen molar-refractivity contribution in [2.45, 2.75) is 13.8 Å². The molecule has 0 spiro atoms. The molecule has 4 nitrogen and oxygen atoms in total. The summed E-state index contributed by atoms with van der Waals surface area (Å²) < 4.78 is 5.30. The molecule has 1 aromatic rings. The molecule has 0 atom stereocenters. The van der Waals surface area contributed by atoms with E-state index in [1.807, 2.05) is 38.1 Å². The lowest BCUT2D eigenvalue weighted by Crippen LogP contribution is -2.13. The molecule has 0 heterocycles. The minimum Gasteiger partial charge on any atom is -0.477 e. The Morgan fingerprint density at radius 1 is 1.47 bits per heavy atom. The van der Waals surface area contributed by atoms with E-state index in [1.54, 1.807) is 0 Å². The van der Waals surface area contributed by atoms with E-state index in [0.29, 0.717) is 18.9 Å². The summed E-state index contributed by atoms with van der Waals surface area (Å²) in [5.41, 5.74) is 4.24. The Morgan fingerprint density at radius 3 is 2.67 bits per heavy atom. The van der Waals surface area contributed by atoms with Crippen LogP contribution in [0.25, 0.3) is 0 Å². The maximum atomic E-state index is 10.1. The Kier molecular flexibility index (Phi) is 4.34. The first-order chi connectivity index (χ1) is 7.27. The van der Waals surface area contributed by atoms with Crippen molar-refractivity contribution in [2.75, 3.05) is 6.61 Å².